The molecule has 1 aromatic carbocycles. The number of methoxy groups -OCH3 is 1. The highest BCUT2D eigenvalue weighted by Crippen LogP contribution is 2.30. The lowest BCUT2D eigenvalue weighted by molar-refractivity contribution is -0.120. The number of hydrogen-bond donors (Lipinski definition) is 2. The van der Waals surface area contributed by atoms with Gasteiger partial charge in [0, 0.05) is 20.2 Å². The summed E-state index contributed by atoms with van der Waals surface area (Å²) in [7, 11) is 1.60. The molecule has 0 spiro atoms. The van der Waals surface area contributed by atoms with Gasteiger partial charge in [-0.2, -0.15) is 0 Å². The van der Waals surface area contributed by atoms with Crippen LogP contribution in [0.25, 0.3) is 0 Å². The van der Waals surface area contributed by atoms with Gasteiger partial charge in [0.1, 0.15) is 12.7 Å². The van der Waals surface area contributed by atoms with Crippen LogP contribution < -0.4 is 20.1 Å². The minimum Gasteiger partial charge on any atom is -0.486 e. The first-order valence-corrected chi connectivity index (χ1v) is 6.64. The van der Waals surface area contributed by atoms with Crippen molar-refractivity contribution >= 4 is 5.91 Å². The molecular weight excluding hydrogens is 260 g/mol. The van der Waals surface area contributed by atoms with Crippen molar-refractivity contribution in [3.8, 4) is 11.5 Å². The van der Waals surface area contributed by atoms with Gasteiger partial charge in [-0.1, -0.05) is 12.1 Å². The molecule has 1 aromatic rings. The van der Waals surface area contributed by atoms with Crippen molar-refractivity contribution in [2.24, 2.45) is 0 Å². The van der Waals surface area contributed by atoms with E-state index in [1.807, 2.05) is 24.3 Å². The van der Waals surface area contributed by atoms with E-state index in [0.29, 0.717) is 26.3 Å². The number of carbonyl (C=O) groups excluding carboxylic acids is 1. The van der Waals surface area contributed by atoms with Crippen molar-refractivity contribution in [3.05, 3.63) is 24.3 Å². The first-order chi connectivity index (χ1) is 9.79. The Morgan fingerprint density at radius 2 is 2.20 bits per heavy atom. The largest absolute Gasteiger partial charge is 0.486 e. The molecule has 0 saturated heterocycles. The van der Waals surface area contributed by atoms with Crippen LogP contribution in [0.5, 0.6) is 11.5 Å². The van der Waals surface area contributed by atoms with Gasteiger partial charge in [-0.05, 0) is 12.1 Å². The Bertz CT molecular complexity index is 439. The van der Waals surface area contributed by atoms with E-state index in [4.69, 9.17) is 14.2 Å². The van der Waals surface area contributed by atoms with E-state index in [9.17, 15) is 4.79 Å². The van der Waals surface area contributed by atoms with E-state index in [0.717, 1.165) is 11.5 Å². The zero-order valence-electron chi connectivity index (χ0n) is 11.6. The van der Waals surface area contributed by atoms with E-state index in [2.05, 4.69) is 10.6 Å². The van der Waals surface area contributed by atoms with Gasteiger partial charge in [-0.3, -0.25) is 4.79 Å². The number of benzene rings is 1. The molecule has 2 N–H and O–H groups in total. The Kier molecular flexibility index (Phi) is 5.64. The highest BCUT2D eigenvalue weighted by Gasteiger charge is 2.20. The van der Waals surface area contributed by atoms with Crippen LogP contribution in [0.3, 0.4) is 0 Å². The van der Waals surface area contributed by atoms with Crippen LogP contribution in [-0.2, 0) is 9.53 Å². The van der Waals surface area contributed by atoms with Crippen molar-refractivity contribution < 1.29 is 19.0 Å². The molecule has 110 valence electrons. The summed E-state index contributed by atoms with van der Waals surface area (Å²) in [5.41, 5.74) is 0. The lowest BCUT2D eigenvalue weighted by Crippen LogP contribution is -2.42. The summed E-state index contributed by atoms with van der Waals surface area (Å²) in [4.78, 5) is 11.5. The third kappa shape index (κ3) is 4.40. The molecule has 0 aromatic heterocycles. The highest BCUT2D eigenvalue weighted by molar-refractivity contribution is 5.77. The molecule has 0 bridgehead atoms. The fourth-order valence-corrected chi connectivity index (χ4v) is 1.87. The predicted octanol–water partition coefficient (Wildman–Crippen LogP) is 0.179. The first kappa shape index (κ1) is 14.6. The summed E-state index contributed by atoms with van der Waals surface area (Å²) in [5, 5.41) is 5.79. The molecule has 6 heteroatoms. The summed E-state index contributed by atoms with van der Waals surface area (Å²) in [6, 6.07) is 7.56. The van der Waals surface area contributed by atoms with Crippen LogP contribution in [0.15, 0.2) is 24.3 Å². The monoisotopic (exact) mass is 280 g/mol. The summed E-state index contributed by atoms with van der Waals surface area (Å²) in [5.74, 6) is 1.45. The van der Waals surface area contributed by atoms with Crippen molar-refractivity contribution in [1.82, 2.24) is 10.6 Å². The van der Waals surface area contributed by atoms with Crippen LogP contribution in [-0.4, -0.2) is 52.0 Å². The van der Waals surface area contributed by atoms with Gasteiger partial charge in [0.2, 0.25) is 5.91 Å². The Labute approximate surface area is 118 Å². The molecule has 1 atom stereocenters. The van der Waals surface area contributed by atoms with Crippen molar-refractivity contribution in [2.75, 3.05) is 40.0 Å². The molecule has 20 heavy (non-hydrogen) atoms. The molecule has 0 saturated carbocycles. The lowest BCUT2D eigenvalue weighted by atomic mass is 10.2. The molecular formula is C14H20N2O4. The molecule has 0 radical (unpaired) electrons. The topological polar surface area (TPSA) is 68.8 Å². The Morgan fingerprint density at radius 1 is 1.40 bits per heavy atom. The van der Waals surface area contributed by atoms with Gasteiger partial charge in [0.25, 0.3) is 0 Å². The summed E-state index contributed by atoms with van der Waals surface area (Å²) in [6.07, 6.45) is -0.0864. The third-order valence-corrected chi connectivity index (χ3v) is 2.85. The molecule has 1 heterocycles. The first-order valence-electron chi connectivity index (χ1n) is 6.64. The molecule has 2 rings (SSSR count). The number of rotatable bonds is 7. The number of nitrogens with one attached hydrogen (secondary N) is 2. The Hall–Kier alpha value is -1.79. The Morgan fingerprint density at radius 3 is 3.00 bits per heavy atom. The maximum Gasteiger partial charge on any atom is 0.234 e. The Balaban J connectivity index is 1.65. The van der Waals surface area contributed by atoms with Crippen LogP contribution >= 0.6 is 0 Å². The number of para-hydroxylation sites is 2. The second-order valence-electron chi connectivity index (χ2n) is 4.47. The van der Waals surface area contributed by atoms with Gasteiger partial charge >= 0.3 is 0 Å². The van der Waals surface area contributed by atoms with E-state index in [1.54, 1.807) is 7.11 Å². The van der Waals surface area contributed by atoms with Crippen molar-refractivity contribution in [1.29, 1.82) is 0 Å². The van der Waals surface area contributed by atoms with Crippen LogP contribution in [0.4, 0.5) is 0 Å². The molecule has 0 unspecified atom stereocenters. The average Bonchev–Trinajstić information content (AvgIpc) is 2.47. The second-order valence-corrected chi connectivity index (χ2v) is 4.47. The maximum absolute atomic E-state index is 11.5. The second kappa shape index (κ2) is 7.72. The highest BCUT2D eigenvalue weighted by atomic mass is 16.6. The number of carbonyl (C=O) groups is 1. The number of amides is 1. The minimum absolute atomic E-state index is 0.0563. The minimum atomic E-state index is -0.0864. The van der Waals surface area contributed by atoms with Crippen molar-refractivity contribution in [3.63, 3.8) is 0 Å². The number of hydrogen-bond acceptors (Lipinski definition) is 5. The standard InChI is InChI=1S/C14H20N2O4/c1-18-7-6-16-14(17)9-15-8-11-10-19-12-4-2-3-5-13(12)20-11/h2-5,11,15H,6-10H2,1H3,(H,16,17)/t11-/m1/s1. The molecule has 0 aliphatic carbocycles. The zero-order valence-corrected chi connectivity index (χ0v) is 11.6. The summed E-state index contributed by atoms with van der Waals surface area (Å²) < 4.78 is 16.2. The van der Waals surface area contributed by atoms with E-state index in [-0.39, 0.29) is 18.6 Å². The van der Waals surface area contributed by atoms with Gasteiger partial charge < -0.3 is 24.8 Å². The van der Waals surface area contributed by atoms with Crippen molar-refractivity contribution in [2.45, 2.75) is 6.10 Å². The zero-order chi connectivity index (χ0) is 14.2. The van der Waals surface area contributed by atoms with Gasteiger partial charge in [0.05, 0.1) is 13.2 Å². The molecule has 1 aliphatic rings. The van der Waals surface area contributed by atoms with Gasteiger partial charge in [-0.25, -0.2) is 0 Å². The smallest absolute Gasteiger partial charge is 0.234 e. The molecule has 1 amide bonds. The fourth-order valence-electron chi connectivity index (χ4n) is 1.87. The normalized spacial score (nSPS) is 16.8. The fraction of sp³-hybridized carbons (Fsp3) is 0.500. The maximum atomic E-state index is 11.5. The van der Waals surface area contributed by atoms with E-state index < -0.39 is 0 Å². The van der Waals surface area contributed by atoms with Crippen LogP contribution in [0.1, 0.15) is 0 Å². The number of fused-ring (bicyclic) bond motifs is 1. The van der Waals surface area contributed by atoms with E-state index in [1.165, 1.54) is 0 Å². The predicted molar refractivity (Wildman–Crippen MR) is 74.1 cm³/mol. The SMILES string of the molecule is COCCNC(=O)CNC[C@@H]1COc2ccccc2O1. The number of ether oxygens (including phenoxy) is 3. The van der Waals surface area contributed by atoms with Crippen LogP contribution in [0, 0.1) is 0 Å². The van der Waals surface area contributed by atoms with Crippen LogP contribution in [0.2, 0.25) is 0 Å². The van der Waals surface area contributed by atoms with E-state index >= 15 is 0 Å². The molecule has 6 nitrogen and oxygen atoms in total. The van der Waals surface area contributed by atoms with Gasteiger partial charge in [0.15, 0.2) is 11.5 Å². The molecule has 1 aliphatic heterocycles. The quantitative estimate of drug-likeness (QED) is 0.697. The average molecular weight is 280 g/mol. The third-order valence-electron chi connectivity index (χ3n) is 2.85. The summed E-state index contributed by atoms with van der Waals surface area (Å²) in [6.45, 7) is 2.34. The lowest BCUT2D eigenvalue weighted by Gasteiger charge is -2.26. The molecule has 0 fully saturated rings. The summed E-state index contributed by atoms with van der Waals surface area (Å²) >= 11 is 0. The van der Waals surface area contributed by atoms with Gasteiger partial charge in [-0.15, -0.1) is 0 Å².